The molecule has 11 atom stereocenters. The lowest BCUT2D eigenvalue weighted by Crippen LogP contribution is -2.62. The van der Waals surface area contributed by atoms with Gasteiger partial charge in [0.25, 0.3) is 0 Å². The fourth-order valence-corrected chi connectivity index (χ4v) is 7.56. The van der Waals surface area contributed by atoms with Crippen molar-refractivity contribution in [3.63, 3.8) is 0 Å². The lowest BCUT2D eigenvalue weighted by atomic mass is 10.0. The number of aliphatic imine (C=N–C) groups is 1. The van der Waals surface area contributed by atoms with Crippen molar-refractivity contribution in [1.82, 2.24) is 47.9 Å². The average Bonchev–Trinajstić information content (AvgIpc) is 3.33. The number of aliphatic hydroxyl groups is 2. The van der Waals surface area contributed by atoms with E-state index in [1.54, 1.807) is 53.7 Å². The van der Waals surface area contributed by atoms with Crippen LogP contribution in [0.2, 0.25) is 0 Å². The predicted octanol–water partition coefficient (Wildman–Crippen LogP) is -4.21. The minimum Gasteiger partial charge on any atom is -0.508 e. The van der Waals surface area contributed by atoms with Crippen LogP contribution in [0.25, 0.3) is 0 Å². The van der Waals surface area contributed by atoms with Gasteiger partial charge in [-0.05, 0) is 94.7 Å². The Morgan fingerprint density at radius 1 is 0.532 bits per heavy atom. The van der Waals surface area contributed by atoms with E-state index in [2.05, 4.69) is 52.8 Å². The third-order valence-corrected chi connectivity index (χ3v) is 11.6. The van der Waals surface area contributed by atoms with Crippen molar-refractivity contribution in [1.29, 1.82) is 0 Å². The molecule has 0 saturated heterocycles. The number of nitrogens with one attached hydrogen (secondary N) is 9. The molecule has 0 radical (unpaired) electrons. The van der Waals surface area contributed by atoms with Crippen molar-refractivity contribution in [2.24, 2.45) is 39.9 Å². The van der Waals surface area contributed by atoms with Gasteiger partial charge in [-0.25, -0.2) is 4.79 Å². The number of guanidine groups is 1. The summed E-state index contributed by atoms with van der Waals surface area (Å²) in [6.45, 7) is 13.0. The number of aliphatic hydroxyl groups excluding tert-OH is 2. The van der Waals surface area contributed by atoms with Crippen LogP contribution in [0.5, 0.6) is 5.75 Å². The summed E-state index contributed by atoms with van der Waals surface area (Å²) in [5.74, 6) is -12.5. The van der Waals surface area contributed by atoms with E-state index in [0.29, 0.717) is 5.56 Å². The Balaban J connectivity index is 3.12. The molecule has 0 heterocycles. The number of benzene rings is 1. The SMILES string of the molecule is CC(C)C[C@H](NC(=O)[C@H](CCCN=C(N)N)NC(=O)[C@H](CC(C)C)NC(=O)[C@@H](NC(=O)[C@H](C)NC(=O)[C@@H](NC(=O)CNC(=O)[C@H](CC(=O)O)NC(=O)[C@H](CC(C)C)NC(=O)[C@@H](N)Cc1ccc(O)cc1)[C@@H](C)O)[C@@H](C)O)C(=O)O. The smallest absolute Gasteiger partial charge is 0.326 e. The summed E-state index contributed by atoms with van der Waals surface area (Å²) in [6, 6.07) is -7.35. The van der Waals surface area contributed by atoms with E-state index in [4.69, 9.17) is 17.2 Å². The van der Waals surface area contributed by atoms with E-state index >= 15 is 0 Å². The first-order chi connectivity index (χ1) is 36.7. The first-order valence-electron chi connectivity index (χ1n) is 25.8. The molecule has 0 unspecified atom stereocenters. The van der Waals surface area contributed by atoms with Crippen LogP contribution in [0.4, 0.5) is 0 Å². The Labute approximate surface area is 458 Å². The number of nitrogens with zero attached hydrogens (tertiary/aromatic N) is 1. The van der Waals surface area contributed by atoms with Gasteiger partial charge >= 0.3 is 11.9 Å². The minimum absolute atomic E-state index is 0.000475. The Morgan fingerprint density at radius 3 is 1.46 bits per heavy atom. The van der Waals surface area contributed by atoms with Crippen molar-refractivity contribution < 1.29 is 78.3 Å². The highest BCUT2D eigenvalue weighted by Gasteiger charge is 2.36. The minimum atomic E-state index is -1.79. The Morgan fingerprint density at radius 2 is 0.975 bits per heavy atom. The summed E-state index contributed by atoms with van der Waals surface area (Å²) in [6.07, 6.45) is -3.97. The normalized spacial score (nSPS) is 15.4. The largest absolute Gasteiger partial charge is 0.508 e. The molecule has 444 valence electrons. The zero-order valence-electron chi connectivity index (χ0n) is 46.2. The molecule has 0 aliphatic carbocycles. The van der Waals surface area contributed by atoms with E-state index in [-0.39, 0.29) is 74.5 Å². The number of phenols is 1. The topological polar surface area (TPSA) is 488 Å². The van der Waals surface area contributed by atoms with Gasteiger partial charge < -0.3 is 90.6 Å². The second kappa shape index (κ2) is 34.3. The Kier molecular flexibility index (Phi) is 30.1. The van der Waals surface area contributed by atoms with Gasteiger partial charge in [-0.1, -0.05) is 53.7 Å². The molecule has 0 bridgehead atoms. The molecule has 0 saturated carbocycles. The highest BCUT2D eigenvalue weighted by Crippen LogP contribution is 2.14. The number of amides is 9. The lowest BCUT2D eigenvalue weighted by Gasteiger charge is -2.28. The van der Waals surface area contributed by atoms with E-state index in [1.807, 2.05) is 0 Å². The molecule has 1 aromatic rings. The monoisotopic (exact) mass is 1120 g/mol. The fraction of sp³-hybridized carbons (Fsp3) is 0.640. The van der Waals surface area contributed by atoms with Gasteiger partial charge in [0, 0.05) is 6.54 Å². The zero-order valence-corrected chi connectivity index (χ0v) is 46.2. The number of aliphatic carboxylic acids is 2. The molecule has 0 aliphatic rings. The van der Waals surface area contributed by atoms with Crippen LogP contribution >= 0.6 is 0 Å². The zero-order chi connectivity index (χ0) is 60.4. The summed E-state index contributed by atoms with van der Waals surface area (Å²) >= 11 is 0. The van der Waals surface area contributed by atoms with Gasteiger partial charge in [-0.2, -0.15) is 0 Å². The molecular formula is C50H83N13O16. The van der Waals surface area contributed by atoms with Crippen LogP contribution in [-0.2, 0) is 59.2 Å². The molecule has 0 fully saturated rings. The number of nitrogens with two attached hydrogens (primary N) is 3. The third kappa shape index (κ3) is 27.0. The summed E-state index contributed by atoms with van der Waals surface area (Å²) in [5, 5.41) is 71.1. The number of aromatic hydroxyl groups is 1. The van der Waals surface area contributed by atoms with Gasteiger partial charge in [0.2, 0.25) is 53.2 Å². The first kappa shape index (κ1) is 69.4. The van der Waals surface area contributed by atoms with Gasteiger partial charge in [0.1, 0.15) is 54.1 Å². The van der Waals surface area contributed by atoms with Gasteiger partial charge in [-0.15, -0.1) is 0 Å². The van der Waals surface area contributed by atoms with Gasteiger partial charge in [0.05, 0.1) is 31.2 Å². The highest BCUT2D eigenvalue weighted by molar-refractivity contribution is 5.98. The number of hydrogen-bond donors (Lipinski definition) is 17. The van der Waals surface area contributed by atoms with Crippen LogP contribution in [0.3, 0.4) is 0 Å². The molecule has 79 heavy (non-hydrogen) atoms. The number of carbonyl (C=O) groups is 11. The second-order valence-electron chi connectivity index (χ2n) is 20.5. The van der Waals surface area contributed by atoms with Crippen molar-refractivity contribution in [2.75, 3.05) is 13.1 Å². The predicted molar refractivity (Wildman–Crippen MR) is 285 cm³/mol. The molecule has 1 aromatic carbocycles. The molecule has 20 N–H and O–H groups in total. The molecule has 0 aliphatic heterocycles. The van der Waals surface area contributed by atoms with Crippen molar-refractivity contribution in [3.8, 4) is 5.75 Å². The molecule has 0 spiro atoms. The molecule has 1 rings (SSSR count). The van der Waals surface area contributed by atoms with Gasteiger partial charge in [0.15, 0.2) is 5.96 Å². The Hall–Kier alpha value is -7.66. The standard InChI is InChI=1S/C50H83N13O16/c1-23(2)17-33(58-42(71)31(51)20-29-12-14-30(66)15-13-29)46(75)59-35(21-38(68)69)43(72)55-22-37(67)62-39(27(8)64)47(76)56-26(7)41(70)63-40(28(9)65)48(77)60-34(18-24(3)4)45(74)57-32(11-10-16-54-50(52)53)44(73)61-36(49(78)79)19-25(5)6/h12-15,23-28,31-36,39-40,64-66H,10-11,16-22,51H2,1-9H3,(H,55,72)(H,56,76)(H,57,74)(H,58,71)(H,59,75)(H,60,77)(H,61,73)(H,62,67)(H,63,70)(H,68,69)(H,78,79)(H4,52,53,54)/t26-,27+,28+,31-,32-,33-,34-,35-,36-,39-,40-/m0/s1. The third-order valence-electron chi connectivity index (χ3n) is 11.6. The van der Waals surface area contributed by atoms with Crippen LogP contribution in [0, 0.1) is 17.8 Å². The number of carbonyl (C=O) groups excluding carboxylic acids is 9. The van der Waals surface area contributed by atoms with E-state index in [0.717, 1.165) is 20.8 Å². The molecular weight excluding hydrogens is 1040 g/mol. The van der Waals surface area contributed by atoms with Crippen LogP contribution < -0.4 is 65.1 Å². The van der Waals surface area contributed by atoms with Crippen LogP contribution in [0.15, 0.2) is 29.3 Å². The number of phenolic OH excluding ortho intramolecular Hbond substituents is 1. The summed E-state index contributed by atoms with van der Waals surface area (Å²) in [4.78, 5) is 148. The van der Waals surface area contributed by atoms with Gasteiger partial charge in [-0.3, -0.25) is 52.9 Å². The quantitative estimate of drug-likeness (QED) is 0.0174. The molecule has 9 amide bonds. The molecule has 29 heteroatoms. The second-order valence-corrected chi connectivity index (χ2v) is 20.5. The number of hydrogen-bond acceptors (Lipinski definition) is 16. The number of rotatable bonds is 35. The maximum atomic E-state index is 13.8. The summed E-state index contributed by atoms with van der Waals surface area (Å²) in [5.41, 5.74) is 17.5. The Bertz CT molecular complexity index is 2280. The van der Waals surface area contributed by atoms with E-state index in [9.17, 15) is 78.3 Å². The summed E-state index contributed by atoms with van der Waals surface area (Å²) in [7, 11) is 0. The highest BCUT2D eigenvalue weighted by atomic mass is 16.4. The number of carboxylic acids is 2. The molecule has 0 aromatic heterocycles. The van der Waals surface area contributed by atoms with Crippen molar-refractivity contribution >= 4 is 71.1 Å². The first-order valence-corrected chi connectivity index (χ1v) is 25.8. The van der Waals surface area contributed by atoms with E-state index in [1.165, 1.54) is 12.1 Å². The maximum Gasteiger partial charge on any atom is 0.326 e. The van der Waals surface area contributed by atoms with E-state index < -0.39 is 145 Å². The van der Waals surface area contributed by atoms with Crippen LogP contribution in [0.1, 0.15) is 106 Å². The lowest BCUT2D eigenvalue weighted by molar-refractivity contribution is -0.143. The van der Waals surface area contributed by atoms with Crippen molar-refractivity contribution in [2.45, 2.75) is 174 Å². The van der Waals surface area contributed by atoms with Crippen molar-refractivity contribution in [3.05, 3.63) is 29.8 Å². The van der Waals surface area contributed by atoms with Crippen LogP contribution in [-0.4, -0.2) is 176 Å². The molecule has 29 nitrogen and oxygen atoms in total. The summed E-state index contributed by atoms with van der Waals surface area (Å²) < 4.78 is 0. The average molecular weight is 1120 g/mol. The maximum absolute atomic E-state index is 13.8. The number of carboxylic acid groups (broad SMARTS) is 2. The fourth-order valence-electron chi connectivity index (χ4n) is 7.56.